The summed E-state index contributed by atoms with van der Waals surface area (Å²) in [7, 11) is 0. The standard InChI is InChI=1S/C18H19ClN2O3S/c1-10-6-11(2)16(15(19)7-10)21(12(3)22)18-20-14(9-25-18)8-24-17(23)13-4-5-13/h6-7,9,13H,4-5,8H2,1-3H3. The first-order chi connectivity index (χ1) is 11.9. The zero-order valence-electron chi connectivity index (χ0n) is 14.3. The van der Waals surface area contributed by atoms with E-state index in [-0.39, 0.29) is 24.4 Å². The summed E-state index contributed by atoms with van der Waals surface area (Å²) < 4.78 is 5.25. The molecule has 0 spiro atoms. The van der Waals surface area contributed by atoms with Crippen molar-refractivity contribution in [2.45, 2.75) is 40.2 Å². The average molecular weight is 379 g/mol. The van der Waals surface area contributed by atoms with Crippen LogP contribution in [0.4, 0.5) is 10.8 Å². The van der Waals surface area contributed by atoms with Gasteiger partial charge in [0.2, 0.25) is 5.91 Å². The van der Waals surface area contributed by atoms with Crippen molar-refractivity contribution in [2.24, 2.45) is 5.92 Å². The maximum atomic E-state index is 12.3. The van der Waals surface area contributed by atoms with Crippen LogP contribution < -0.4 is 4.90 Å². The van der Waals surface area contributed by atoms with Crippen LogP contribution in [0.3, 0.4) is 0 Å². The monoisotopic (exact) mass is 378 g/mol. The highest BCUT2D eigenvalue weighted by Gasteiger charge is 2.31. The van der Waals surface area contributed by atoms with E-state index in [0.717, 1.165) is 24.0 Å². The summed E-state index contributed by atoms with van der Waals surface area (Å²) in [5, 5.41) is 2.81. The van der Waals surface area contributed by atoms with Crippen molar-refractivity contribution in [2.75, 3.05) is 4.90 Å². The van der Waals surface area contributed by atoms with E-state index in [9.17, 15) is 9.59 Å². The second-order valence-electron chi connectivity index (χ2n) is 6.27. The highest BCUT2D eigenvalue weighted by molar-refractivity contribution is 7.14. The van der Waals surface area contributed by atoms with Gasteiger partial charge in [-0.3, -0.25) is 14.5 Å². The van der Waals surface area contributed by atoms with Crippen molar-refractivity contribution >= 4 is 45.6 Å². The van der Waals surface area contributed by atoms with Crippen LogP contribution in [0.25, 0.3) is 0 Å². The van der Waals surface area contributed by atoms with Gasteiger partial charge in [-0.25, -0.2) is 4.98 Å². The van der Waals surface area contributed by atoms with E-state index in [4.69, 9.17) is 16.3 Å². The molecule has 0 saturated heterocycles. The fourth-order valence-electron chi connectivity index (χ4n) is 2.63. The molecule has 0 aliphatic heterocycles. The van der Waals surface area contributed by atoms with E-state index in [1.807, 2.05) is 26.0 Å². The molecule has 1 aliphatic rings. The van der Waals surface area contributed by atoms with Gasteiger partial charge in [0.15, 0.2) is 5.13 Å². The lowest BCUT2D eigenvalue weighted by Crippen LogP contribution is -2.24. The minimum Gasteiger partial charge on any atom is -0.459 e. The lowest BCUT2D eigenvalue weighted by molar-refractivity contribution is -0.146. The normalized spacial score (nSPS) is 13.6. The molecule has 3 rings (SSSR count). The summed E-state index contributed by atoms with van der Waals surface area (Å²) in [5.41, 5.74) is 3.19. The molecule has 0 unspecified atom stereocenters. The summed E-state index contributed by atoms with van der Waals surface area (Å²) in [6.07, 6.45) is 1.81. The number of benzene rings is 1. The number of carbonyl (C=O) groups excluding carboxylic acids is 2. The second kappa shape index (κ2) is 7.14. The summed E-state index contributed by atoms with van der Waals surface area (Å²) in [6, 6.07) is 3.80. The van der Waals surface area contributed by atoms with Crippen LogP contribution in [0.15, 0.2) is 17.5 Å². The van der Waals surface area contributed by atoms with Gasteiger partial charge in [-0.15, -0.1) is 11.3 Å². The Bertz CT molecular complexity index is 806. The molecule has 5 nitrogen and oxygen atoms in total. The first-order valence-corrected chi connectivity index (χ1v) is 9.31. The first-order valence-electron chi connectivity index (χ1n) is 8.05. The predicted octanol–water partition coefficient (Wildman–Crippen LogP) is 4.55. The molecule has 1 aliphatic carbocycles. The van der Waals surface area contributed by atoms with Crippen LogP contribution in [-0.2, 0) is 20.9 Å². The third-order valence-corrected chi connectivity index (χ3v) is 5.10. The number of halogens is 1. The Morgan fingerprint density at radius 1 is 1.36 bits per heavy atom. The fourth-order valence-corrected chi connectivity index (χ4v) is 3.89. The Morgan fingerprint density at radius 3 is 2.68 bits per heavy atom. The molecule has 0 radical (unpaired) electrons. The Kier molecular flexibility index (Phi) is 5.11. The van der Waals surface area contributed by atoms with Gasteiger partial charge in [-0.2, -0.15) is 0 Å². The number of nitrogens with zero attached hydrogens (tertiary/aromatic N) is 2. The van der Waals surface area contributed by atoms with E-state index in [0.29, 0.717) is 21.5 Å². The van der Waals surface area contributed by atoms with Crippen molar-refractivity contribution in [1.29, 1.82) is 0 Å². The molecule has 7 heteroatoms. The molecular weight excluding hydrogens is 360 g/mol. The number of rotatable bonds is 5. The van der Waals surface area contributed by atoms with E-state index < -0.39 is 0 Å². The predicted molar refractivity (Wildman–Crippen MR) is 98.4 cm³/mol. The SMILES string of the molecule is CC(=O)N(c1nc(COC(=O)C2CC2)cs1)c1c(C)cc(C)cc1Cl. The van der Waals surface area contributed by atoms with Gasteiger partial charge >= 0.3 is 5.97 Å². The number of anilines is 2. The van der Waals surface area contributed by atoms with Crippen LogP contribution >= 0.6 is 22.9 Å². The van der Waals surface area contributed by atoms with Crippen LogP contribution in [0.5, 0.6) is 0 Å². The number of hydrogen-bond donors (Lipinski definition) is 0. The Balaban J connectivity index is 1.84. The second-order valence-corrected chi connectivity index (χ2v) is 7.51. The summed E-state index contributed by atoms with van der Waals surface area (Å²) in [6.45, 7) is 5.47. The average Bonchev–Trinajstić information content (AvgIpc) is 3.27. The lowest BCUT2D eigenvalue weighted by atomic mass is 10.1. The van der Waals surface area contributed by atoms with Gasteiger partial charge < -0.3 is 4.74 Å². The molecule has 1 fully saturated rings. The molecule has 1 saturated carbocycles. The third-order valence-electron chi connectivity index (χ3n) is 3.94. The van der Waals surface area contributed by atoms with Gasteiger partial charge in [0.1, 0.15) is 6.61 Å². The van der Waals surface area contributed by atoms with Gasteiger partial charge in [0.05, 0.1) is 22.3 Å². The fraction of sp³-hybridized carbons (Fsp3) is 0.389. The van der Waals surface area contributed by atoms with Crippen molar-refractivity contribution in [1.82, 2.24) is 4.98 Å². The number of hydrogen-bond acceptors (Lipinski definition) is 5. The van der Waals surface area contributed by atoms with E-state index >= 15 is 0 Å². The van der Waals surface area contributed by atoms with Crippen LogP contribution in [0, 0.1) is 19.8 Å². The topological polar surface area (TPSA) is 59.5 Å². The summed E-state index contributed by atoms with van der Waals surface area (Å²) >= 11 is 7.71. The molecular formula is C18H19ClN2O3S. The number of thiazole rings is 1. The minimum atomic E-state index is -0.176. The zero-order chi connectivity index (χ0) is 18.1. The number of aryl methyl sites for hydroxylation is 2. The molecule has 25 heavy (non-hydrogen) atoms. The van der Waals surface area contributed by atoms with Gasteiger partial charge in [-0.05, 0) is 43.9 Å². The van der Waals surface area contributed by atoms with Crippen molar-refractivity contribution in [3.63, 3.8) is 0 Å². The quantitative estimate of drug-likeness (QED) is 0.716. The summed E-state index contributed by atoms with van der Waals surface area (Å²) in [4.78, 5) is 29.9. The van der Waals surface area contributed by atoms with Crippen molar-refractivity contribution in [3.8, 4) is 0 Å². The number of esters is 1. The maximum absolute atomic E-state index is 12.3. The zero-order valence-corrected chi connectivity index (χ0v) is 15.9. The Labute approximate surface area is 155 Å². The maximum Gasteiger partial charge on any atom is 0.309 e. The molecule has 132 valence electrons. The van der Waals surface area contributed by atoms with Crippen molar-refractivity contribution in [3.05, 3.63) is 39.4 Å². The van der Waals surface area contributed by atoms with Crippen LogP contribution in [-0.4, -0.2) is 16.9 Å². The molecule has 1 amide bonds. The number of ether oxygens (including phenoxy) is 1. The minimum absolute atomic E-state index is 0.0563. The van der Waals surface area contributed by atoms with E-state index in [1.54, 1.807) is 5.38 Å². The van der Waals surface area contributed by atoms with Crippen molar-refractivity contribution < 1.29 is 14.3 Å². The number of aromatic nitrogens is 1. The van der Waals surface area contributed by atoms with E-state index in [1.165, 1.54) is 23.2 Å². The Hall–Kier alpha value is -1.92. The molecule has 0 atom stereocenters. The molecule has 2 aromatic rings. The highest BCUT2D eigenvalue weighted by Crippen LogP contribution is 2.37. The molecule has 0 N–H and O–H groups in total. The molecule has 1 aromatic heterocycles. The number of carbonyl (C=O) groups is 2. The largest absolute Gasteiger partial charge is 0.459 e. The van der Waals surface area contributed by atoms with Gasteiger partial charge in [-0.1, -0.05) is 17.7 Å². The Morgan fingerprint density at radius 2 is 2.08 bits per heavy atom. The lowest BCUT2D eigenvalue weighted by Gasteiger charge is -2.22. The van der Waals surface area contributed by atoms with Crippen LogP contribution in [0.1, 0.15) is 36.6 Å². The van der Waals surface area contributed by atoms with Gasteiger partial charge in [0.25, 0.3) is 0 Å². The molecule has 1 aromatic carbocycles. The highest BCUT2D eigenvalue weighted by atomic mass is 35.5. The van der Waals surface area contributed by atoms with Gasteiger partial charge in [0, 0.05) is 12.3 Å². The van der Waals surface area contributed by atoms with Crippen LogP contribution in [0.2, 0.25) is 5.02 Å². The molecule has 0 bridgehead atoms. The van der Waals surface area contributed by atoms with E-state index in [2.05, 4.69) is 4.98 Å². The first kappa shape index (κ1) is 17.9. The smallest absolute Gasteiger partial charge is 0.309 e. The summed E-state index contributed by atoms with van der Waals surface area (Å²) in [5.74, 6) is -0.291. The third kappa shape index (κ3) is 4.02. The molecule has 1 heterocycles. The number of amides is 1.